The Hall–Kier alpha value is -1.88. The molecule has 0 unspecified atom stereocenters. The summed E-state index contributed by atoms with van der Waals surface area (Å²) in [5, 5.41) is 8.25. The summed E-state index contributed by atoms with van der Waals surface area (Å²) in [5.74, 6) is 1.74. The number of benzene rings is 1. The molecule has 1 aromatic carbocycles. The smallest absolute Gasteiger partial charge is 0.225 e. The van der Waals surface area contributed by atoms with Crippen LogP contribution in [0.2, 0.25) is 0 Å². The Labute approximate surface area is 143 Å². The van der Waals surface area contributed by atoms with E-state index in [0.717, 1.165) is 35.8 Å². The second-order valence-electron chi connectivity index (χ2n) is 7.38. The van der Waals surface area contributed by atoms with Gasteiger partial charge in [0, 0.05) is 36.6 Å². The van der Waals surface area contributed by atoms with Gasteiger partial charge in [-0.15, -0.1) is 0 Å². The van der Waals surface area contributed by atoms with Crippen molar-refractivity contribution in [2.75, 3.05) is 23.7 Å². The van der Waals surface area contributed by atoms with Crippen LogP contribution in [0.5, 0.6) is 0 Å². The summed E-state index contributed by atoms with van der Waals surface area (Å²) < 4.78 is 0. The number of piperidine rings is 1. The first-order valence-electron chi connectivity index (χ1n) is 9.23. The first kappa shape index (κ1) is 15.6. The van der Waals surface area contributed by atoms with Crippen molar-refractivity contribution >= 4 is 22.7 Å². The highest BCUT2D eigenvalue weighted by Gasteiger charge is 2.24. The standard InChI is InChI=1S/C19H27N5/c1-13(2)24-11-9-15(10-12-24)20-18-16-5-3-4-6-17(16)22-19(23-18)21-14-7-8-14/h3-6,13-15H,7-12H2,1-2H3,(H2,20,21,22,23). The second kappa shape index (κ2) is 6.55. The number of rotatable bonds is 5. The number of nitrogens with one attached hydrogen (secondary N) is 2. The molecule has 1 aromatic heterocycles. The van der Waals surface area contributed by atoms with Gasteiger partial charge in [0.15, 0.2) is 0 Å². The Morgan fingerprint density at radius 2 is 1.67 bits per heavy atom. The van der Waals surface area contributed by atoms with E-state index in [1.807, 2.05) is 6.07 Å². The SMILES string of the molecule is CC(C)N1CCC(Nc2nc(NC3CC3)nc3ccccc23)CC1. The largest absolute Gasteiger partial charge is 0.367 e. The average Bonchev–Trinajstić information content (AvgIpc) is 3.39. The molecule has 2 aromatic rings. The molecule has 128 valence electrons. The summed E-state index contributed by atoms with van der Waals surface area (Å²) in [4.78, 5) is 12.0. The van der Waals surface area contributed by atoms with Gasteiger partial charge < -0.3 is 15.5 Å². The van der Waals surface area contributed by atoms with Crippen LogP contribution in [0.4, 0.5) is 11.8 Å². The summed E-state index contributed by atoms with van der Waals surface area (Å²) in [5.41, 5.74) is 1.01. The fourth-order valence-electron chi connectivity index (χ4n) is 3.41. The third-order valence-corrected chi connectivity index (χ3v) is 5.11. The van der Waals surface area contributed by atoms with Gasteiger partial charge in [0.1, 0.15) is 5.82 Å². The van der Waals surface area contributed by atoms with Crippen molar-refractivity contribution in [1.29, 1.82) is 0 Å². The number of nitrogens with zero attached hydrogens (tertiary/aromatic N) is 3. The first-order valence-corrected chi connectivity index (χ1v) is 9.23. The van der Waals surface area contributed by atoms with Crippen molar-refractivity contribution in [2.24, 2.45) is 0 Å². The molecule has 0 radical (unpaired) electrons. The zero-order chi connectivity index (χ0) is 16.5. The minimum Gasteiger partial charge on any atom is -0.367 e. The molecule has 2 N–H and O–H groups in total. The Morgan fingerprint density at radius 1 is 0.958 bits per heavy atom. The zero-order valence-electron chi connectivity index (χ0n) is 14.6. The normalized spacial score (nSPS) is 19.8. The predicted octanol–water partition coefficient (Wildman–Crippen LogP) is 3.49. The number of fused-ring (bicyclic) bond motifs is 1. The molecule has 24 heavy (non-hydrogen) atoms. The Kier molecular flexibility index (Phi) is 4.27. The number of hydrogen-bond acceptors (Lipinski definition) is 5. The lowest BCUT2D eigenvalue weighted by molar-refractivity contribution is 0.177. The van der Waals surface area contributed by atoms with Crippen molar-refractivity contribution < 1.29 is 0 Å². The van der Waals surface area contributed by atoms with Crippen LogP contribution in [-0.4, -0.2) is 46.1 Å². The van der Waals surface area contributed by atoms with Crippen LogP contribution in [0, 0.1) is 0 Å². The van der Waals surface area contributed by atoms with E-state index in [2.05, 4.69) is 52.6 Å². The minimum absolute atomic E-state index is 0.493. The maximum absolute atomic E-state index is 4.78. The Bertz CT molecular complexity index is 702. The summed E-state index contributed by atoms with van der Waals surface area (Å²) in [6.45, 7) is 6.88. The molecule has 4 rings (SSSR count). The van der Waals surface area contributed by atoms with Gasteiger partial charge in [0.25, 0.3) is 0 Å². The van der Waals surface area contributed by atoms with Crippen molar-refractivity contribution in [1.82, 2.24) is 14.9 Å². The van der Waals surface area contributed by atoms with E-state index in [1.165, 1.54) is 25.7 Å². The van der Waals surface area contributed by atoms with Gasteiger partial charge in [-0.3, -0.25) is 0 Å². The van der Waals surface area contributed by atoms with Crippen LogP contribution in [0.3, 0.4) is 0 Å². The summed E-state index contributed by atoms with van der Waals surface area (Å²) in [6, 6.07) is 9.98. The van der Waals surface area contributed by atoms with Crippen LogP contribution in [-0.2, 0) is 0 Å². The fourth-order valence-corrected chi connectivity index (χ4v) is 3.41. The number of para-hydroxylation sites is 1. The van der Waals surface area contributed by atoms with Gasteiger partial charge in [0.2, 0.25) is 5.95 Å². The first-order chi connectivity index (χ1) is 11.7. The van der Waals surface area contributed by atoms with Crippen LogP contribution in [0.25, 0.3) is 10.9 Å². The van der Waals surface area contributed by atoms with Crippen LogP contribution < -0.4 is 10.6 Å². The van der Waals surface area contributed by atoms with E-state index >= 15 is 0 Å². The lowest BCUT2D eigenvalue weighted by Crippen LogP contribution is -2.42. The van der Waals surface area contributed by atoms with Crippen LogP contribution >= 0.6 is 0 Å². The lowest BCUT2D eigenvalue weighted by Gasteiger charge is -2.35. The van der Waals surface area contributed by atoms with Crippen molar-refractivity contribution in [3.05, 3.63) is 24.3 Å². The minimum atomic E-state index is 0.493. The molecule has 1 saturated heterocycles. The van der Waals surface area contributed by atoms with E-state index in [9.17, 15) is 0 Å². The predicted molar refractivity (Wildman–Crippen MR) is 99.5 cm³/mol. The lowest BCUT2D eigenvalue weighted by atomic mass is 10.0. The fraction of sp³-hybridized carbons (Fsp3) is 0.579. The highest BCUT2D eigenvalue weighted by Crippen LogP contribution is 2.28. The molecule has 1 saturated carbocycles. The van der Waals surface area contributed by atoms with E-state index in [1.54, 1.807) is 0 Å². The molecule has 5 heteroatoms. The quantitative estimate of drug-likeness (QED) is 0.881. The van der Waals surface area contributed by atoms with Gasteiger partial charge in [-0.2, -0.15) is 4.98 Å². The van der Waals surface area contributed by atoms with Gasteiger partial charge in [0.05, 0.1) is 5.52 Å². The molecule has 1 aliphatic carbocycles. The van der Waals surface area contributed by atoms with Crippen molar-refractivity contribution in [3.63, 3.8) is 0 Å². The maximum atomic E-state index is 4.78. The highest BCUT2D eigenvalue weighted by atomic mass is 15.2. The van der Waals surface area contributed by atoms with E-state index in [4.69, 9.17) is 4.98 Å². The number of anilines is 2. The summed E-state index contributed by atoms with van der Waals surface area (Å²) in [6.07, 6.45) is 4.79. The molecular formula is C19H27N5. The molecule has 2 aliphatic rings. The van der Waals surface area contributed by atoms with E-state index in [0.29, 0.717) is 18.1 Å². The third-order valence-electron chi connectivity index (χ3n) is 5.11. The topological polar surface area (TPSA) is 53.1 Å². The van der Waals surface area contributed by atoms with E-state index < -0.39 is 0 Å². The monoisotopic (exact) mass is 325 g/mol. The number of hydrogen-bond donors (Lipinski definition) is 2. The van der Waals surface area contributed by atoms with Gasteiger partial charge in [-0.05, 0) is 51.7 Å². The molecule has 2 fully saturated rings. The summed E-state index contributed by atoms with van der Waals surface area (Å²) in [7, 11) is 0. The van der Waals surface area contributed by atoms with Crippen LogP contribution in [0.1, 0.15) is 39.5 Å². The van der Waals surface area contributed by atoms with Gasteiger partial charge >= 0.3 is 0 Å². The van der Waals surface area contributed by atoms with Crippen molar-refractivity contribution in [3.8, 4) is 0 Å². The molecule has 0 atom stereocenters. The Balaban J connectivity index is 1.54. The van der Waals surface area contributed by atoms with Crippen molar-refractivity contribution in [2.45, 2.75) is 57.7 Å². The zero-order valence-corrected chi connectivity index (χ0v) is 14.6. The summed E-state index contributed by atoms with van der Waals surface area (Å²) >= 11 is 0. The molecule has 0 amide bonds. The average molecular weight is 325 g/mol. The van der Waals surface area contributed by atoms with Gasteiger partial charge in [-0.1, -0.05) is 12.1 Å². The number of likely N-dealkylation sites (tertiary alicyclic amines) is 1. The molecule has 0 bridgehead atoms. The molecule has 5 nitrogen and oxygen atoms in total. The number of aromatic nitrogens is 2. The third kappa shape index (κ3) is 3.46. The van der Waals surface area contributed by atoms with Crippen LogP contribution in [0.15, 0.2) is 24.3 Å². The molecule has 0 spiro atoms. The molecular weight excluding hydrogens is 298 g/mol. The van der Waals surface area contributed by atoms with E-state index in [-0.39, 0.29) is 0 Å². The Morgan fingerprint density at radius 3 is 2.38 bits per heavy atom. The molecule has 2 heterocycles. The second-order valence-corrected chi connectivity index (χ2v) is 7.38. The maximum Gasteiger partial charge on any atom is 0.225 e. The van der Waals surface area contributed by atoms with Gasteiger partial charge in [-0.25, -0.2) is 4.98 Å². The highest BCUT2D eigenvalue weighted by molar-refractivity contribution is 5.90. The molecule has 1 aliphatic heterocycles.